The molecule has 2 nitrogen and oxygen atoms in total. The molecule has 70 valence electrons. The van der Waals surface area contributed by atoms with E-state index in [9.17, 15) is 0 Å². The highest BCUT2D eigenvalue weighted by atomic mass is 16.7. The van der Waals surface area contributed by atoms with E-state index in [1.165, 1.54) is 0 Å². The summed E-state index contributed by atoms with van der Waals surface area (Å²) in [5, 5.41) is 1.86. The van der Waals surface area contributed by atoms with Crippen molar-refractivity contribution in [3.8, 4) is 0 Å². The minimum Gasteiger partial charge on any atom is -0.295 e. The number of nitrogens with zero attached hydrogens (tertiary/aromatic N) is 1. The van der Waals surface area contributed by atoms with Gasteiger partial charge < -0.3 is 0 Å². The van der Waals surface area contributed by atoms with Crippen LogP contribution in [0.1, 0.15) is 20.3 Å². The largest absolute Gasteiger partial charge is 0.295 e. The zero-order valence-corrected chi connectivity index (χ0v) is 8.12. The molecule has 0 N–H and O–H groups in total. The van der Waals surface area contributed by atoms with Crippen molar-refractivity contribution in [2.45, 2.75) is 26.4 Å². The van der Waals surface area contributed by atoms with E-state index in [-0.39, 0.29) is 6.10 Å². The van der Waals surface area contributed by atoms with Gasteiger partial charge in [-0.1, -0.05) is 19.1 Å². The van der Waals surface area contributed by atoms with Gasteiger partial charge in [-0.25, -0.2) is 0 Å². The SMILES string of the molecule is C=CCN(CC=C)OC(C)CC. The second-order valence-corrected chi connectivity index (χ2v) is 2.75. The maximum absolute atomic E-state index is 5.57. The lowest BCUT2D eigenvalue weighted by molar-refractivity contribution is -0.179. The summed E-state index contributed by atoms with van der Waals surface area (Å²) in [6.07, 6.45) is 4.94. The third-order valence-corrected chi connectivity index (χ3v) is 1.57. The van der Waals surface area contributed by atoms with Crippen molar-refractivity contribution < 1.29 is 4.84 Å². The molecule has 0 fully saturated rings. The number of hydrogen-bond acceptors (Lipinski definition) is 2. The lowest BCUT2D eigenvalue weighted by atomic mass is 10.3. The van der Waals surface area contributed by atoms with Crippen molar-refractivity contribution in [1.82, 2.24) is 5.06 Å². The molecule has 2 heteroatoms. The Balaban J connectivity index is 3.75. The van der Waals surface area contributed by atoms with Gasteiger partial charge in [-0.05, 0) is 13.3 Å². The summed E-state index contributed by atoms with van der Waals surface area (Å²) >= 11 is 0. The summed E-state index contributed by atoms with van der Waals surface area (Å²) in [6.45, 7) is 13.0. The van der Waals surface area contributed by atoms with E-state index in [1.54, 1.807) is 0 Å². The summed E-state index contributed by atoms with van der Waals surface area (Å²) in [5.74, 6) is 0. The predicted octanol–water partition coefficient (Wildman–Crippen LogP) is 2.39. The van der Waals surface area contributed by atoms with Crippen molar-refractivity contribution in [2.24, 2.45) is 0 Å². The van der Waals surface area contributed by atoms with Crippen molar-refractivity contribution in [3.05, 3.63) is 25.3 Å². The van der Waals surface area contributed by atoms with Crippen molar-refractivity contribution in [1.29, 1.82) is 0 Å². The van der Waals surface area contributed by atoms with Crippen LogP contribution in [0.25, 0.3) is 0 Å². The molecule has 0 radical (unpaired) electrons. The van der Waals surface area contributed by atoms with Crippen LogP contribution in [0.4, 0.5) is 0 Å². The molecule has 0 aromatic heterocycles. The molecule has 0 heterocycles. The lowest BCUT2D eigenvalue weighted by Gasteiger charge is -2.22. The Morgan fingerprint density at radius 2 is 1.83 bits per heavy atom. The lowest BCUT2D eigenvalue weighted by Crippen LogP contribution is -2.28. The zero-order valence-electron chi connectivity index (χ0n) is 8.12. The maximum atomic E-state index is 5.57. The smallest absolute Gasteiger partial charge is 0.0762 e. The third-order valence-electron chi connectivity index (χ3n) is 1.57. The third kappa shape index (κ3) is 5.10. The van der Waals surface area contributed by atoms with Crippen LogP contribution in [0, 0.1) is 0 Å². The molecular formula is C10H19NO. The highest BCUT2D eigenvalue weighted by Gasteiger charge is 2.05. The Bertz CT molecular complexity index is 124. The molecule has 0 aromatic rings. The molecule has 0 aromatic carbocycles. The van der Waals surface area contributed by atoms with Crippen molar-refractivity contribution in [3.63, 3.8) is 0 Å². The summed E-state index contributed by atoms with van der Waals surface area (Å²) in [4.78, 5) is 5.57. The fourth-order valence-corrected chi connectivity index (χ4v) is 0.778. The molecule has 0 amide bonds. The summed E-state index contributed by atoms with van der Waals surface area (Å²) in [5.41, 5.74) is 0. The molecule has 0 aliphatic heterocycles. The van der Waals surface area contributed by atoms with E-state index >= 15 is 0 Å². The number of rotatable bonds is 7. The zero-order chi connectivity index (χ0) is 9.40. The van der Waals surface area contributed by atoms with E-state index < -0.39 is 0 Å². The highest BCUT2D eigenvalue weighted by Crippen LogP contribution is 2.01. The van der Waals surface area contributed by atoms with Crippen LogP contribution >= 0.6 is 0 Å². The van der Waals surface area contributed by atoms with Crippen LogP contribution < -0.4 is 0 Å². The molecule has 12 heavy (non-hydrogen) atoms. The monoisotopic (exact) mass is 169 g/mol. The molecule has 0 aliphatic rings. The average Bonchev–Trinajstić information content (AvgIpc) is 2.05. The summed E-state index contributed by atoms with van der Waals surface area (Å²) in [6, 6.07) is 0. The van der Waals surface area contributed by atoms with Gasteiger partial charge in [0.1, 0.15) is 0 Å². The Hall–Kier alpha value is -0.600. The molecule has 0 saturated carbocycles. The molecular weight excluding hydrogens is 150 g/mol. The average molecular weight is 169 g/mol. The predicted molar refractivity (Wildman–Crippen MR) is 52.8 cm³/mol. The minimum absolute atomic E-state index is 0.268. The molecule has 0 aliphatic carbocycles. The van der Waals surface area contributed by atoms with E-state index in [0.717, 1.165) is 19.5 Å². The van der Waals surface area contributed by atoms with Crippen LogP contribution in [0.3, 0.4) is 0 Å². The topological polar surface area (TPSA) is 12.5 Å². The number of hydroxylamine groups is 2. The Morgan fingerprint density at radius 1 is 1.33 bits per heavy atom. The first kappa shape index (κ1) is 11.4. The van der Waals surface area contributed by atoms with E-state index in [1.807, 2.05) is 17.2 Å². The van der Waals surface area contributed by atoms with Gasteiger partial charge in [-0.15, -0.1) is 13.2 Å². The molecule has 1 atom stereocenters. The Labute approximate surface area is 75.5 Å². The summed E-state index contributed by atoms with van der Waals surface area (Å²) in [7, 11) is 0. The number of hydrogen-bond donors (Lipinski definition) is 0. The van der Waals surface area contributed by atoms with Crippen LogP contribution in [0.15, 0.2) is 25.3 Å². The van der Waals surface area contributed by atoms with Gasteiger partial charge in [0.05, 0.1) is 6.10 Å². The van der Waals surface area contributed by atoms with Gasteiger partial charge in [-0.3, -0.25) is 4.84 Å². The first-order valence-corrected chi connectivity index (χ1v) is 4.38. The standard InChI is InChI=1S/C10H19NO/c1-5-8-11(9-6-2)12-10(4)7-3/h5-6,10H,1-2,7-9H2,3-4H3. The fraction of sp³-hybridized carbons (Fsp3) is 0.600. The van der Waals surface area contributed by atoms with Gasteiger partial charge >= 0.3 is 0 Å². The summed E-state index contributed by atoms with van der Waals surface area (Å²) < 4.78 is 0. The van der Waals surface area contributed by atoms with Crippen LogP contribution in [0.2, 0.25) is 0 Å². The van der Waals surface area contributed by atoms with Crippen LogP contribution in [-0.2, 0) is 4.84 Å². The van der Waals surface area contributed by atoms with Gasteiger partial charge in [0, 0.05) is 13.1 Å². The first-order valence-electron chi connectivity index (χ1n) is 4.38. The van der Waals surface area contributed by atoms with Gasteiger partial charge in [0.25, 0.3) is 0 Å². The normalized spacial score (nSPS) is 12.9. The van der Waals surface area contributed by atoms with Gasteiger partial charge in [-0.2, -0.15) is 5.06 Å². The van der Waals surface area contributed by atoms with Crippen LogP contribution in [0.5, 0.6) is 0 Å². The first-order chi connectivity index (χ1) is 5.74. The van der Waals surface area contributed by atoms with Gasteiger partial charge in [0.2, 0.25) is 0 Å². The Kier molecular flexibility index (Phi) is 6.72. The van der Waals surface area contributed by atoms with Gasteiger partial charge in [0.15, 0.2) is 0 Å². The molecule has 0 spiro atoms. The molecule has 0 bridgehead atoms. The van der Waals surface area contributed by atoms with E-state index in [0.29, 0.717) is 0 Å². The van der Waals surface area contributed by atoms with E-state index in [2.05, 4.69) is 27.0 Å². The minimum atomic E-state index is 0.268. The van der Waals surface area contributed by atoms with Crippen LogP contribution in [-0.4, -0.2) is 24.3 Å². The second kappa shape index (κ2) is 7.07. The highest BCUT2D eigenvalue weighted by molar-refractivity contribution is 4.75. The molecule has 1 unspecified atom stereocenters. The molecule has 0 saturated heterocycles. The maximum Gasteiger partial charge on any atom is 0.0762 e. The van der Waals surface area contributed by atoms with Crippen molar-refractivity contribution in [2.75, 3.05) is 13.1 Å². The fourth-order valence-electron chi connectivity index (χ4n) is 0.778. The quantitative estimate of drug-likeness (QED) is 0.428. The Morgan fingerprint density at radius 3 is 2.17 bits per heavy atom. The van der Waals surface area contributed by atoms with Crippen molar-refractivity contribution >= 4 is 0 Å². The second-order valence-electron chi connectivity index (χ2n) is 2.75. The van der Waals surface area contributed by atoms with E-state index in [4.69, 9.17) is 4.84 Å². The molecule has 0 rings (SSSR count).